The predicted molar refractivity (Wildman–Crippen MR) is 79.8 cm³/mol. The summed E-state index contributed by atoms with van der Waals surface area (Å²) in [7, 11) is 2.07. The van der Waals surface area contributed by atoms with Crippen molar-refractivity contribution < 1.29 is 4.39 Å². The Kier molecular flexibility index (Phi) is 7.68. The van der Waals surface area contributed by atoms with Crippen LogP contribution in [-0.4, -0.2) is 31.6 Å². The van der Waals surface area contributed by atoms with E-state index in [9.17, 15) is 4.39 Å². The number of hydrogen-bond donors (Lipinski definition) is 1. The van der Waals surface area contributed by atoms with E-state index in [-0.39, 0.29) is 11.9 Å². The molecule has 1 rings (SSSR count). The number of rotatable bonds is 9. The molecule has 0 bridgehead atoms. The van der Waals surface area contributed by atoms with Gasteiger partial charge < -0.3 is 5.32 Å². The van der Waals surface area contributed by atoms with Crippen LogP contribution < -0.4 is 5.32 Å². The summed E-state index contributed by atoms with van der Waals surface area (Å²) in [5.74, 6) is -0.103. The van der Waals surface area contributed by atoms with Crippen LogP contribution in [0.2, 0.25) is 0 Å². The minimum Gasteiger partial charge on any atom is -0.317 e. The molecular formula is C16H27FN2. The lowest BCUT2D eigenvalue weighted by Crippen LogP contribution is -2.24. The second-order valence-electron chi connectivity index (χ2n) is 5.09. The van der Waals surface area contributed by atoms with Gasteiger partial charge in [0, 0.05) is 11.6 Å². The van der Waals surface area contributed by atoms with E-state index >= 15 is 0 Å². The number of nitrogens with one attached hydrogen (secondary N) is 1. The second-order valence-corrected chi connectivity index (χ2v) is 5.09. The lowest BCUT2D eigenvalue weighted by atomic mass is 10.1. The van der Waals surface area contributed by atoms with Crippen molar-refractivity contribution in [1.82, 2.24) is 10.2 Å². The van der Waals surface area contributed by atoms with Crippen molar-refractivity contribution in [2.45, 2.75) is 39.2 Å². The fourth-order valence-electron chi connectivity index (χ4n) is 2.21. The molecule has 0 saturated carbocycles. The minimum absolute atomic E-state index is 0.103. The summed E-state index contributed by atoms with van der Waals surface area (Å²) in [6, 6.07) is 7.19. The standard InChI is InChI=1S/C16H27FN2/c1-4-18-12-8-5-9-13-19(3)14(2)15-10-6-7-11-16(15)17/h6-7,10-11,14,18H,4-5,8-9,12-13H2,1-3H3. The zero-order valence-corrected chi connectivity index (χ0v) is 12.5. The number of unbranched alkanes of at least 4 members (excludes halogenated alkanes) is 2. The molecule has 0 amide bonds. The van der Waals surface area contributed by atoms with Crippen LogP contribution in [0.3, 0.4) is 0 Å². The van der Waals surface area contributed by atoms with Gasteiger partial charge in [-0.3, -0.25) is 4.90 Å². The summed E-state index contributed by atoms with van der Waals surface area (Å²) in [6.45, 7) is 7.36. The van der Waals surface area contributed by atoms with E-state index in [1.54, 1.807) is 6.07 Å². The van der Waals surface area contributed by atoms with Crippen LogP contribution in [0.25, 0.3) is 0 Å². The Morgan fingerprint density at radius 3 is 2.63 bits per heavy atom. The average molecular weight is 266 g/mol. The molecule has 0 radical (unpaired) electrons. The van der Waals surface area contributed by atoms with Crippen molar-refractivity contribution in [1.29, 1.82) is 0 Å². The first kappa shape index (κ1) is 16.1. The van der Waals surface area contributed by atoms with Gasteiger partial charge in [0.2, 0.25) is 0 Å². The van der Waals surface area contributed by atoms with Crippen LogP contribution >= 0.6 is 0 Å². The maximum absolute atomic E-state index is 13.7. The summed E-state index contributed by atoms with van der Waals surface area (Å²) >= 11 is 0. The number of nitrogens with zero attached hydrogens (tertiary/aromatic N) is 1. The van der Waals surface area contributed by atoms with Crippen molar-refractivity contribution >= 4 is 0 Å². The van der Waals surface area contributed by atoms with Gasteiger partial charge in [-0.1, -0.05) is 31.5 Å². The third kappa shape index (κ3) is 5.70. The number of benzene rings is 1. The molecule has 0 aliphatic carbocycles. The first-order chi connectivity index (χ1) is 9.16. The van der Waals surface area contributed by atoms with Crippen LogP contribution in [0.5, 0.6) is 0 Å². The average Bonchev–Trinajstić information content (AvgIpc) is 2.42. The van der Waals surface area contributed by atoms with Crippen molar-refractivity contribution in [2.75, 3.05) is 26.7 Å². The molecule has 0 fully saturated rings. The Morgan fingerprint density at radius 1 is 1.21 bits per heavy atom. The van der Waals surface area contributed by atoms with Gasteiger partial charge in [-0.05, 0) is 52.5 Å². The van der Waals surface area contributed by atoms with Crippen molar-refractivity contribution in [3.05, 3.63) is 35.6 Å². The summed E-state index contributed by atoms with van der Waals surface area (Å²) in [5.41, 5.74) is 0.789. The van der Waals surface area contributed by atoms with E-state index in [0.29, 0.717) is 0 Å². The van der Waals surface area contributed by atoms with Gasteiger partial charge in [-0.2, -0.15) is 0 Å². The molecular weight excluding hydrogens is 239 g/mol. The van der Waals surface area contributed by atoms with E-state index in [0.717, 1.165) is 25.2 Å². The van der Waals surface area contributed by atoms with E-state index < -0.39 is 0 Å². The van der Waals surface area contributed by atoms with Gasteiger partial charge in [0.1, 0.15) is 5.82 Å². The molecule has 108 valence electrons. The zero-order chi connectivity index (χ0) is 14.1. The molecule has 0 saturated heterocycles. The lowest BCUT2D eigenvalue weighted by Gasteiger charge is -2.25. The van der Waals surface area contributed by atoms with Gasteiger partial charge in [-0.15, -0.1) is 0 Å². The fraction of sp³-hybridized carbons (Fsp3) is 0.625. The Morgan fingerprint density at radius 2 is 1.95 bits per heavy atom. The number of halogens is 1. The highest BCUT2D eigenvalue weighted by Crippen LogP contribution is 2.21. The van der Waals surface area contributed by atoms with Crippen LogP contribution in [-0.2, 0) is 0 Å². The van der Waals surface area contributed by atoms with E-state index in [1.165, 1.54) is 25.3 Å². The normalized spacial score (nSPS) is 12.9. The lowest BCUT2D eigenvalue weighted by molar-refractivity contribution is 0.250. The number of hydrogen-bond acceptors (Lipinski definition) is 2. The summed E-state index contributed by atoms with van der Waals surface area (Å²) in [6.07, 6.45) is 3.61. The Labute approximate surface area is 117 Å². The molecule has 0 aliphatic heterocycles. The maximum Gasteiger partial charge on any atom is 0.127 e. The summed E-state index contributed by atoms with van der Waals surface area (Å²) in [5, 5.41) is 3.33. The van der Waals surface area contributed by atoms with E-state index in [4.69, 9.17) is 0 Å². The molecule has 19 heavy (non-hydrogen) atoms. The van der Waals surface area contributed by atoms with Crippen LogP contribution in [0.1, 0.15) is 44.7 Å². The first-order valence-electron chi connectivity index (χ1n) is 7.32. The maximum atomic E-state index is 13.7. The highest BCUT2D eigenvalue weighted by Gasteiger charge is 2.14. The van der Waals surface area contributed by atoms with Crippen LogP contribution in [0, 0.1) is 5.82 Å². The largest absolute Gasteiger partial charge is 0.317 e. The third-order valence-corrected chi connectivity index (χ3v) is 3.63. The topological polar surface area (TPSA) is 15.3 Å². The monoisotopic (exact) mass is 266 g/mol. The Hall–Kier alpha value is -0.930. The molecule has 1 aromatic carbocycles. The predicted octanol–water partition coefficient (Wildman–Crippen LogP) is 3.60. The van der Waals surface area contributed by atoms with Crippen molar-refractivity contribution in [3.63, 3.8) is 0 Å². The van der Waals surface area contributed by atoms with Gasteiger partial charge in [-0.25, -0.2) is 4.39 Å². The quantitative estimate of drug-likeness (QED) is 0.687. The molecule has 0 spiro atoms. The van der Waals surface area contributed by atoms with Crippen molar-refractivity contribution in [3.8, 4) is 0 Å². The SMILES string of the molecule is CCNCCCCCN(C)C(C)c1ccccc1F. The van der Waals surface area contributed by atoms with Crippen molar-refractivity contribution in [2.24, 2.45) is 0 Å². The third-order valence-electron chi connectivity index (χ3n) is 3.63. The molecule has 0 aromatic heterocycles. The smallest absolute Gasteiger partial charge is 0.127 e. The molecule has 0 aliphatic rings. The van der Waals surface area contributed by atoms with Gasteiger partial charge in [0.25, 0.3) is 0 Å². The van der Waals surface area contributed by atoms with E-state index in [1.807, 2.05) is 12.1 Å². The minimum atomic E-state index is -0.103. The molecule has 1 atom stereocenters. The first-order valence-corrected chi connectivity index (χ1v) is 7.32. The highest BCUT2D eigenvalue weighted by molar-refractivity contribution is 5.20. The van der Waals surface area contributed by atoms with Crippen LogP contribution in [0.15, 0.2) is 24.3 Å². The summed E-state index contributed by atoms with van der Waals surface area (Å²) in [4.78, 5) is 2.23. The molecule has 1 aromatic rings. The van der Waals surface area contributed by atoms with Gasteiger partial charge in [0.15, 0.2) is 0 Å². The van der Waals surface area contributed by atoms with Gasteiger partial charge >= 0.3 is 0 Å². The molecule has 1 unspecified atom stereocenters. The molecule has 3 heteroatoms. The Bertz CT molecular complexity index is 354. The molecule has 2 nitrogen and oxygen atoms in total. The van der Waals surface area contributed by atoms with E-state index in [2.05, 4.69) is 31.1 Å². The molecule has 1 N–H and O–H groups in total. The second kappa shape index (κ2) is 9.05. The zero-order valence-electron chi connectivity index (χ0n) is 12.5. The summed E-state index contributed by atoms with van der Waals surface area (Å²) < 4.78 is 13.7. The Balaban J connectivity index is 2.29. The molecule has 0 heterocycles. The fourth-order valence-corrected chi connectivity index (χ4v) is 2.21. The highest BCUT2D eigenvalue weighted by atomic mass is 19.1. The van der Waals surface area contributed by atoms with Gasteiger partial charge in [0.05, 0.1) is 0 Å². The van der Waals surface area contributed by atoms with Crippen LogP contribution in [0.4, 0.5) is 4.39 Å².